The topological polar surface area (TPSA) is 43.4 Å². The molecule has 0 aromatic heterocycles. The van der Waals surface area contributed by atoms with Gasteiger partial charge < -0.3 is 4.18 Å². The minimum atomic E-state index is -3.54. The lowest BCUT2D eigenvalue weighted by molar-refractivity contribution is 0.492. The molecule has 1 aromatic rings. The van der Waals surface area contributed by atoms with Gasteiger partial charge in [0, 0.05) is 12.1 Å². The molecule has 0 unspecified atom stereocenters. The van der Waals surface area contributed by atoms with Crippen LogP contribution in [-0.4, -0.2) is 14.7 Å². The van der Waals surface area contributed by atoms with E-state index >= 15 is 0 Å². The molecule has 0 N–H and O–H groups in total. The summed E-state index contributed by atoms with van der Waals surface area (Å²) in [6, 6.07) is 5.14. The van der Waals surface area contributed by atoms with Gasteiger partial charge in [-0.3, -0.25) is 0 Å². The third kappa shape index (κ3) is 3.42. The summed E-state index contributed by atoms with van der Waals surface area (Å²) in [7, 11) is -3.54. The number of rotatable bonds is 2. The maximum atomic E-state index is 10.7. The zero-order valence-electron chi connectivity index (χ0n) is 6.54. The average Bonchev–Trinajstić information content (AvgIpc) is 1.94. The van der Waals surface area contributed by atoms with Crippen LogP contribution in [-0.2, 0) is 10.1 Å². The molecule has 1 radical (unpaired) electrons. The second kappa shape index (κ2) is 3.74. The molecule has 0 heterocycles. The van der Waals surface area contributed by atoms with Crippen LogP contribution in [0, 0.1) is 6.07 Å². The van der Waals surface area contributed by atoms with Gasteiger partial charge in [0.15, 0.2) is 5.75 Å². The van der Waals surface area contributed by atoms with Gasteiger partial charge in [-0.2, -0.15) is 8.42 Å². The Labute approximate surface area is 86.4 Å². The molecule has 3 nitrogen and oxygen atoms in total. The molecule has 71 valence electrons. The fourth-order valence-corrected chi connectivity index (χ4v) is 1.33. The van der Waals surface area contributed by atoms with Crippen molar-refractivity contribution in [3.63, 3.8) is 0 Å². The molecule has 0 fully saturated rings. The van der Waals surface area contributed by atoms with E-state index < -0.39 is 10.1 Å². The second-order valence-corrected chi connectivity index (χ2v) is 4.67. The standard InChI is InChI=1S/C7H5Cl2O3S/c1-13(10,11)12-5-2-3-6(8)7(9)4-5/h3-4H,1H3. The summed E-state index contributed by atoms with van der Waals surface area (Å²) in [4.78, 5) is 0. The van der Waals surface area contributed by atoms with Gasteiger partial charge in [0.1, 0.15) is 0 Å². The van der Waals surface area contributed by atoms with Gasteiger partial charge >= 0.3 is 10.1 Å². The molecule has 0 aliphatic carbocycles. The molecule has 1 aromatic carbocycles. The molecule has 0 saturated carbocycles. The van der Waals surface area contributed by atoms with Crippen LogP contribution in [0.25, 0.3) is 0 Å². The first-order valence-corrected chi connectivity index (χ1v) is 5.72. The zero-order chi connectivity index (χ0) is 10.1. The van der Waals surface area contributed by atoms with E-state index in [2.05, 4.69) is 10.2 Å². The van der Waals surface area contributed by atoms with Gasteiger partial charge in [0.2, 0.25) is 0 Å². The highest BCUT2D eigenvalue weighted by molar-refractivity contribution is 7.86. The zero-order valence-corrected chi connectivity index (χ0v) is 8.87. The van der Waals surface area contributed by atoms with Crippen LogP contribution in [0.5, 0.6) is 5.75 Å². The molecule has 6 heteroatoms. The van der Waals surface area contributed by atoms with Crippen molar-refractivity contribution in [2.75, 3.05) is 6.26 Å². The van der Waals surface area contributed by atoms with E-state index in [1.165, 1.54) is 12.1 Å². The molecule has 0 aliphatic rings. The average molecular weight is 240 g/mol. The smallest absolute Gasteiger partial charge is 0.306 e. The molecule has 0 aliphatic heterocycles. The first-order valence-electron chi connectivity index (χ1n) is 3.15. The van der Waals surface area contributed by atoms with Gasteiger partial charge in [0.05, 0.1) is 16.3 Å². The Morgan fingerprint density at radius 2 is 2.00 bits per heavy atom. The van der Waals surface area contributed by atoms with Gasteiger partial charge in [-0.1, -0.05) is 23.2 Å². The Morgan fingerprint density at radius 3 is 2.46 bits per heavy atom. The minimum Gasteiger partial charge on any atom is -0.382 e. The lowest BCUT2D eigenvalue weighted by atomic mass is 10.3. The normalized spacial score (nSPS) is 11.3. The van der Waals surface area contributed by atoms with Gasteiger partial charge in [-0.25, -0.2) is 0 Å². The SMILES string of the molecule is CS(=O)(=O)Oc1[c]cc(Cl)c(Cl)c1. The van der Waals surface area contributed by atoms with Crippen molar-refractivity contribution < 1.29 is 12.6 Å². The van der Waals surface area contributed by atoms with E-state index in [1.807, 2.05) is 0 Å². The van der Waals surface area contributed by atoms with E-state index in [1.54, 1.807) is 0 Å². The van der Waals surface area contributed by atoms with E-state index in [0.717, 1.165) is 6.26 Å². The molecular weight excluding hydrogens is 235 g/mol. The lowest BCUT2D eigenvalue weighted by Gasteiger charge is -2.02. The van der Waals surface area contributed by atoms with Crippen molar-refractivity contribution in [1.82, 2.24) is 0 Å². The monoisotopic (exact) mass is 239 g/mol. The Kier molecular flexibility index (Phi) is 3.05. The maximum absolute atomic E-state index is 10.7. The summed E-state index contributed by atoms with van der Waals surface area (Å²) in [5.74, 6) is 0.0249. The summed E-state index contributed by atoms with van der Waals surface area (Å²) in [5.41, 5.74) is 0. The predicted octanol–water partition coefficient (Wildman–Crippen LogP) is 2.13. The molecule has 0 spiro atoms. The number of benzene rings is 1. The Balaban J connectivity index is 2.99. The predicted molar refractivity (Wildman–Crippen MR) is 50.8 cm³/mol. The van der Waals surface area contributed by atoms with E-state index in [0.29, 0.717) is 5.02 Å². The van der Waals surface area contributed by atoms with Crippen molar-refractivity contribution in [1.29, 1.82) is 0 Å². The molecular formula is C7H5Cl2O3S. The Bertz CT molecular complexity index is 414. The third-order valence-corrected chi connectivity index (χ3v) is 2.27. The first-order chi connectivity index (χ1) is 5.88. The van der Waals surface area contributed by atoms with E-state index in [9.17, 15) is 8.42 Å². The number of hydrogen-bond acceptors (Lipinski definition) is 3. The molecule has 0 atom stereocenters. The summed E-state index contributed by atoms with van der Waals surface area (Å²) in [6.07, 6.45) is 0.934. The first kappa shape index (κ1) is 10.6. The van der Waals surface area contributed by atoms with E-state index in [-0.39, 0.29) is 10.8 Å². The fraction of sp³-hybridized carbons (Fsp3) is 0.143. The van der Waals surface area contributed by atoms with Crippen LogP contribution in [0.4, 0.5) is 0 Å². The highest BCUT2D eigenvalue weighted by Gasteiger charge is 2.06. The quantitative estimate of drug-likeness (QED) is 0.743. The summed E-state index contributed by atoms with van der Waals surface area (Å²) < 4.78 is 25.9. The molecule has 0 saturated heterocycles. The summed E-state index contributed by atoms with van der Waals surface area (Å²) >= 11 is 11.2. The van der Waals surface area contributed by atoms with E-state index in [4.69, 9.17) is 23.2 Å². The van der Waals surface area contributed by atoms with Crippen molar-refractivity contribution >= 4 is 33.3 Å². The summed E-state index contributed by atoms with van der Waals surface area (Å²) in [5, 5.41) is 0.515. The maximum Gasteiger partial charge on any atom is 0.306 e. The molecule has 1 rings (SSSR count). The lowest BCUT2D eigenvalue weighted by Crippen LogP contribution is -2.05. The Hall–Kier alpha value is -0.450. The van der Waals surface area contributed by atoms with Crippen molar-refractivity contribution in [3.8, 4) is 5.75 Å². The van der Waals surface area contributed by atoms with Crippen molar-refractivity contribution in [2.45, 2.75) is 0 Å². The fourth-order valence-electron chi connectivity index (χ4n) is 0.640. The highest BCUT2D eigenvalue weighted by Crippen LogP contribution is 2.26. The van der Waals surface area contributed by atoms with Crippen molar-refractivity contribution in [2.24, 2.45) is 0 Å². The minimum absolute atomic E-state index is 0.0249. The van der Waals surface area contributed by atoms with Crippen LogP contribution in [0.1, 0.15) is 0 Å². The Morgan fingerprint density at radius 1 is 1.38 bits per heavy atom. The van der Waals surface area contributed by atoms with Crippen LogP contribution in [0.3, 0.4) is 0 Å². The van der Waals surface area contributed by atoms with Gasteiger partial charge in [-0.15, -0.1) is 0 Å². The van der Waals surface area contributed by atoms with Crippen LogP contribution >= 0.6 is 23.2 Å². The molecule has 13 heavy (non-hydrogen) atoms. The number of hydrogen-bond donors (Lipinski definition) is 0. The highest BCUT2D eigenvalue weighted by atomic mass is 35.5. The summed E-state index contributed by atoms with van der Waals surface area (Å²) in [6.45, 7) is 0. The van der Waals surface area contributed by atoms with Gasteiger partial charge in [0.25, 0.3) is 0 Å². The largest absolute Gasteiger partial charge is 0.382 e. The molecule has 0 amide bonds. The van der Waals surface area contributed by atoms with Crippen LogP contribution in [0.2, 0.25) is 10.0 Å². The second-order valence-electron chi connectivity index (χ2n) is 2.28. The van der Waals surface area contributed by atoms with Crippen LogP contribution in [0.15, 0.2) is 12.1 Å². The molecule has 0 bridgehead atoms. The van der Waals surface area contributed by atoms with Crippen molar-refractivity contribution in [3.05, 3.63) is 28.2 Å². The number of halogens is 2. The van der Waals surface area contributed by atoms with Crippen LogP contribution < -0.4 is 4.18 Å². The van der Waals surface area contributed by atoms with Gasteiger partial charge in [-0.05, 0) is 6.07 Å². The third-order valence-electron chi connectivity index (χ3n) is 1.07.